The molecule has 0 aromatic heterocycles. The molecule has 21 heavy (non-hydrogen) atoms. The number of unbranched alkanes of at least 4 members (excludes halogenated alkanes) is 1. The van der Waals surface area contributed by atoms with Crippen LogP contribution in [0.25, 0.3) is 0 Å². The molecule has 0 aliphatic heterocycles. The van der Waals surface area contributed by atoms with E-state index in [1.54, 1.807) is 0 Å². The summed E-state index contributed by atoms with van der Waals surface area (Å²) in [5.41, 5.74) is -0.472. The first-order chi connectivity index (χ1) is 9.33. The van der Waals surface area contributed by atoms with E-state index >= 15 is 0 Å². The van der Waals surface area contributed by atoms with Crippen LogP contribution in [0.15, 0.2) is 12.1 Å². The first-order valence-corrected chi connectivity index (χ1v) is 7.02. The summed E-state index contributed by atoms with van der Waals surface area (Å²) in [5.74, 6) is -1.72. The standard InChI is InChI=1S/C16H22F2NO.Ti/c1-5-7-10-19(15(20)16(3,4)6-2)14-9-8-12(17)11-13(14)18;/h8-9H,5-7,10H2,1-4H3;/q-1;. The fourth-order valence-corrected chi connectivity index (χ4v) is 1.81. The second kappa shape index (κ2) is 8.65. The maximum absolute atomic E-state index is 13.9. The number of carbonyl (C=O) groups excluding carboxylic acids is 1. The van der Waals surface area contributed by atoms with Crippen molar-refractivity contribution in [2.24, 2.45) is 5.41 Å². The van der Waals surface area contributed by atoms with Crippen LogP contribution in [0.5, 0.6) is 0 Å². The number of carbonyl (C=O) groups is 1. The van der Waals surface area contributed by atoms with E-state index in [2.05, 4.69) is 0 Å². The molecule has 2 nitrogen and oxygen atoms in total. The van der Waals surface area contributed by atoms with Crippen molar-refractivity contribution in [2.45, 2.75) is 47.0 Å². The van der Waals surface area contributed by atoms with Crippen molar-refractivity contribution < 1.29 is 35.3 Å². The second-order valence-corrected chi connectivity index (χ2v) is 5.55. The molecule has 1 rings (SSSR count). The molecular weight excluding hydrogens is 308 g/mol. The Labute approximate surface area is 140 Å². The van der Waals surface area contributed by atoms with Gasteiger partial charge in [0.15, 0.2) is 0 Å². The zero-order valence-electron chi connectivity index (χ0n) is 13.1. The molecule has 0 spiro atoms. The summed E-state index contributed by atoms with van der Waals surface area (Å²) in [4.78, 5) is 14.0. The Balaban J connectivity index is 0.00000400. The van der Waals surface area contributed by atoms with Crippen molar-refractivity contribution in [3.8, 4) is 0 Å². The molecule has 0 aliphatic carbocycles. The van der Waals surface area contributed by atoms with Gasteiger partial charge in [-0.2, -0.15) is 0 Å². The summed E-state index contributed by atoms with van der Waals surface area (Å²) >= 11 is 0. The van der Waals surface area contributed by atoms with Gasteiger partial charge in [0.25, 0.3) is 0 Å². The molecule has 0 saturated carbocycles. The van der Waals surface area contributed by atoms with Crippen molar-refractivity contribution in [3.63, 3.8) is 0 Å². The summed E-state index contributed by atoms with van der Waals surface area (Å²) in [7, 11) is 0. The maximum atomic E-state index is 13.9. The molecule has 0 heterocycles. The molecule has 0 bridgehead atoms. The molecule has 0 aliphatic rings. The third-order valence-corrected chi connectivity index (χ3v) is 3.58. The molecule has 0 radical (unpaired) electrons. The number of nitrogens with zero attached hydrogens (tertiary/aromatic N) is 1. The third-order valence-electron chi connectivity index (χ3n) is 3.58. The van der Waals surface area contributed by atoms with Crippen LogP contribution in [-0.4, -0.2) is 12.5 Å². The number of hydrogen-bond acceptors (Lipinski definition) is 1. The van der Waals surface area contributed by atoms with Crippen LogP contribution >= 0.6 is 0 Å². The Hall–Kier alpha value is -0.736. The van der Waals surface area contributed by atoms with Crippen molar-refractivity contribution in [2.75, 3.05) is 11.4 Å². The average molecular weight is 330 g/mol. The van der Waals surface area contributed by atoms with Gasteiger partial charge in [0.05, 0.1) is 0 Å². The molecule has 0 N–H and O–H groups in total. The van der Waals surface area contributed by atoms with E-state index in [1.807, 2.05) is 33.8 Å². The molecule has 1 aromatic carbocycles. The van der Waals surface area contributed by atoms with E-state index in [9.17, 15) is 13.6 Å². The molecule has 1 aromatic rings. The normalized spacial score (nSPS) is 11.0. The van der Waals surface area contributed by atoms with Crippen LogP contribution in [0.2, 0.25) is 0 Å². The minimum Gasteiger partial charge on any atom is -0.363 e. The summed E-state index contributed by atoms with van der Waals surface area (Å²) in [6, 6.07) is 4.43. The number of anilines is 1. The van der Waals surface area contributed by atoms with Crippen molar-refractivity contribution >= 4 is 11.6 Å². The number of benzene rings is 1. The van der Waals surface area contributed by atoms with Gasteiger partial charge in [-0.25, -0.2) is 8.78 Å². The van der Waals surface area contributed by atoms with Crippen LogP contribution in [0, 0.1) is 23.1 Å². The minimum absolute atomic E-state index is 0. The van der Waals surface area contributed by atoms with Crippen LogP contribution in [0.4, 0.5) is 14.5 Å². The quantitative estimate of drug-likeness (QED) is 0.561. The summed E-state index contributed by atoms with van der Waals surface area (Å²) in [5, 5.41) is 0. The van der Waals surface area contributed by atoms with Gasteiger partial charge in [-0.05, 0) is 18.5 Å². The molecule has 0 saturated heterocycles. The predicted octanol–water partition coefficient (Wildman–Crippen LogP) is 4.33. The summed E-state index contributed by atoms with van der Waals surface area (Å²) in [6.07, 6.45) is 2.31. The van der Waals surface area contributed by atoms with Gasteiger partial charge < -0.3 is 4.90 Å². The van der Waals surface area contributed by atoms with E-state index in [-0.39, 0.29) is 33.3 Å². The molecule has 5 heteroatoms. The smallest absolute Gasteiger partial charge is 0.221 e. The van der Waals surface area contributed by atoms with Crippen molar-refractivity contribution in [1.29, 1.82) is 0 Å². The zero-order valence-corrected chi connectivity index (χ0v) is 14.7. The first kappa shape index (κ1) is 20.3. The van der Waals surface area contributed by atoms with Crippen LogP contribution in [0.3, 0.4) is 0 Å². The zero-order chi connectivity index (χ0) is 15.3. The summed E-state index contributed by atoms with van der Waals surface area (Å²) in [6.45, 7) is 8.01. The first-order valence-electron chi connectivity index (χ1n) is 7.02. The van der Waals surface area contributed by atoms with Gasteiger partial charge in [0, 0.05) is 45.3 Å². The van der Waals surface area contributed by atoms with Crippen LogP contribution in [0.1, 0.15) is 47.0 Å². The van der Waals surface area contributed by atoms with E-state index in [4.69, 9.17) is 0 Å². The van der Waals surface area contributed by atoms with E-state index in [0.29, 0.717) is 13.0 Å². The third kappa shape index (κ3) is 5.19. The SMILES string of the molecule is CCCCN(C(=O)C(C)(C)CC)c1ccc(F)[c-]c1F.[Ti]. The van der Waals surface area contributed by atoms with E-state index in [1.165, 1.54) is 11.0 Å². The van der Waals surface area contributed by atoms with Gasteiger partial charge in [0.1, 0.15) is 0 Å². The molecule has 0 atom stereocenters. The number of rotatable bonds is 6. The number of amides is 1. The van der Waals surface area contributed by atoms with Gasteiger partial charge in [-0.3, -0.25) is 4.79 Å². The Kier molecular flexibility index (Phi) is 8.34. The monoisotopic (exact) mass is 330 g/mol. The van der Waals surface area contributed by atoms with Crippen LogP contribution in [-0.2, 0) is 26.5 Å². The van der Waals surface area contributed by atoms with E-state index in [0.717, 1.165) is 18.9 Å². The van der Waals surface area contributed by atoms with Crippen molar-refractivity contribution in [3.05, 3.63) is 29.8 Å². The molecular formula is C16H22F2NOTi-. The largest absolute Gasteiger partial charge is 0.363 e. The predicted molar refractivity (Wildman–Crippen MR) is 76.5 cm³/mol. The molecule has 0 unspecified atom stereocenters. The number of halogens is 2. The second-order valence-electron chi connectivity index (χ2n) is 5.55. The van der Waals surface area contributed by atoms with E-state index < -0.39 is 17.0 Å². The molecule has 116 valence electrons. The van der Waals surface area contributed by atoms with Gasteiger partial charge in [-0.1, -0.05) is 34.1 Å². The fourth-order valence-electron chi connectivity index (χ4n) is 1.81. The van der Waals surface area contributed by atoms with Crippen LogP contribution < -0.4 is 4.90 Å². The minimum atomic E-state index is -0.818. The summed E-state index contributed by atoms with van der Waals surface area (Å²) < 4.78 is 26.9. The Morgan fingerprint density at radius 2 is 1.90 bits per heavy atom. The molecule has 0 fully saturated rings. The van der Waals surface area contributed by atoms with Gasteiger partial charge >= 0.3 is 0 Å². The van der Waals surface area contributed by atoms with Crippen molar-refractivity contribution in [1.82, 2.24) is 0 Å². The topological polar surface area (TPSA) is 20.3 Å². The number of hydrogen-bond donors (Lipinski definition) is 0. The Morgan fingerprint density at radius 1 is 1.29 bits per heavy atom. The Morgan fingerprint density at radius 3 is 2.38 bits per heavy atom. The van der Waals surface area contributed by atoms with Gasteiger partial charge in [0.2, 0.25) is 5.91 Å². The average Bonchev–Trinajstić information content (AvgIpc) is 2.40. The molecule has 1 amide bonds. The Bertz CT molecular complexity index is 477. The maximum Gasteiger partial charge on any atom is 0.221 e. The van der Waals surface area contributed by atoms with Gasteiger partial charge in [-0.15, -0.1) is 18.2 Å². The fraction of sp³-hybridized carbons (Fsp3) is 0.562.